The first-order valence-corrected chi connectivity index (χ1v) is 4.39. The van der Waals surface area contributed by atoms with Gasteiger partial charge in [-0.1, -0.05) is 25.2 Å². The van der Waals surface area contributed by atoms with Crippen molar-refractivity contribution in [1.29, 1.82) is 0 Å². The fourth-order valence-corrected chi connectivity index (χ4v) is 1.45. The van der Waals surface area contributed by atoms with Crippen LogP contribution in [0.3, 0.4) is 0 Å². The van der Waals surface area contributed by atoms with Gasteiger partial charge in [0.15, 0.2) is 0 Å². The number of nitrogen functional groups attached to an aromatic ring is 1. The largest absolute Gasteiger partial charge is 0.298 e. The maximum Gasteiger partial charge on any atom is 0.219 e. The molecule has 0 aliphatic carbocycles. The van der Waals surface area contributed by atoms with Gasteiger partial charge in [0.05, 0.1) is 0 Å². The fourth-order valence-electron chi connectivity index (χ4n) is 0.667. The molecule has 5 heteroatoms. The van der Waals surface area contributed by atoms with E-state index in [2.05, 4.69) is 29.5 Å². The lowest BCUT2D eigenvalue weighted by atomic mass is 10.1. The summed E-state index contributed by atoms with van der Waals surface area (Å²) in [6.07, 6.45) is 1.08. The molecule has 0 bridgehead atoms. The summed E-state index contributed by atoms with van der Waals surface area (Å²) in [5.41, 5.74) is 2.47. The highest BCUT2D eigenvalue weighted by molar-refractivity contribution is 7.15. The van der Waals surface area contributed by atoms with E-state index in [1.807, 2.05) is 0 Å². The molecule has 1 rings (SSSR count). The van der Waals surface area contributed by atoms with Crippen LogP contribution in [0.1, 0.15) is 31.2 Å². The first kappa shape index (κ1) is 8.42. The van der Waals surface area contributed by atoms with Crippen LogP contribution in [-0.2, 0) is 0 Å². The lowest BCUT2D eigenvalue weighted by molar-refractivity contribution is 0.715. The van der Waals surface area contributed by atoms with Crippen molar-refractivity contribution < 1.29 is 0 Å². The third-order valence-electron chi connectivity index (χ3n) is 1.60. The molecule has 1 aromatic rings. The Morgan fingerprint density at radius 3 is 2.82 bits per heavy atom. The molecule has 0 spiro atoms. The van der Waals surface area contributed by atoms with E-state index >= 15 is 0 Å². The van der Waals surface area contributed by atoms with Gasteiger partial charge in [-0.05, 0) is 6.42 Å². The maximum atomic E-state index is 5.16. The van der Waals surface area contributed by atoms with Gasteiger partial charge in [0, 0.05) is 5.92 Å². The number of rotatable bonds is 3. The van der Waals surface area contributed by atoms with Gasteiger partial charge in [-0.15, -0.1) is 10.2 Å². The SMILES string of the molecule is CCC(C)c1nnc(NN)s1. The number of nitrogens with zero attached hydrogens (tertiary/aromatic N) is 2. The Hall–Kier alpha value is -0.680. The molecule has 0 amide bonds. The monoisotopic (exact) mass is 172 g/mol. The zero-order valence-electron chi connectivity index (χ0n) is 6.66. The molecule has 0 saturated heterocycles. The summed E-state index contributed by atoms with van der Waals surface area (Å²) >= 11 is 1.51. The quantitative estimate of drug-likeness (QED) is 0.533. The Morgan fingerprint density at radius 1 is 1.64 bits per heavy atom. The van der Waals surface area contributed by atoms with E-state index in [1.165, 1.54) is 11.3 Å². The van der Waals surface area contributed by atoms with Gasteiger partial charge in [-0.3, -0.25) is 5.43 Å². The molecule has 0 aliphatic heterocycles. The number of nitrogens with one attached hydrogen (secondary N) is 1. The highest BCUT2D eigenvalue weighted by atomic mass is 32.1. The number of aromatic nitrogens is 2. The van der Waals surface area contributed by atoms with Crippen LogP contribution >= 0.6 is 11.3 Å². The van der Waals surface area contributed by atoms with E-state index < -0.39 is 0 Å². The molecule has 1 aromatic heterocycles. The standard InChI is InChI=1S/C6H12N4S/c1-3-4(2)5-9-10-6(8-7)11-5/h4H,3,7H2,1-2H3,(H,8,10). The van der Waals surface area contributed by atoms with Crippen molar-refractivity contribution >= 4 is 16.5 Å². The number of hydrogen-bond donors (Lipinski definition) is 2. The minimum absolute atomic E-state index is 0.481. The third-order valence-corrected chi connectivity index (χ3v) is 2.68. The molecule has 4 nitrogen and oxygen atoms in total. The number of hydrazine groups is 1. The van der Waals surface area contributed by atoms with Crippen molar-refractivity contribution in [3.8, 4) is 0 Å². The predicted octanol–water partition coefficient (Wildman–Crippen LogP) is 1.34. The van der Waals surface area contributed by atoms with E-state index in [0.717, 1.165) is 11.4 Å². The normalized spacial score (nSPS) is 13.0. The van der Waals surface area contributed by atoms with Gasteiger partial charge in [-0.25, -0.2) is 5.84 Å². The van der Waals surface area contributed by atoms with Gasteiger partial charge in [0.25, 0.3) is 0 Å². The highest BCUT2D eigenvalue weighted by Crippen LogP contribution is 2.24. The Balaban J connectivity index is 2.71. The average molecular weight is 172 g/mol. The molecule has 1 atom stereocenters. The molecule has 1 heterocycles. The Kier molecular flexibility index (Phi) is 2.78. The van der Waals surface area contributed by atoms with E-state index in [0.29, 0.717) is 11.0 Å². The second kappa shape index (κ2) is 3.64. The van der Waals surface area contributed by atoms with Gasteiger partial charge in [0.2, 0.25) is 5.13 Å². The van der Waals surface area contributed by atoms with Crippen molar-refractivity contribution in [1.82, 2.24) is 10.2 Å². The van der Waals surface area contributed by atoms with E-state index in [1.54, 1.807) is 0 Å². The minimum Gasteiger partial charge on any atom is -0.298 e. The van der Waals surface area contributed by atoms with Gasteiger partial charge in [-0.2, -0.15) is 0 Å². The van der Waals surface area contributed by atoms with Crippen LogP contribution in [0.4, 0.5) is 5.13 Å². The summed E-state index contributed by atoms with van der Waals surface area (Å²) in [4.78, 5) is 0. The van der Waals surface area contributed by atoms with Crippen LogP contribution in [0.2, 0.25) is 0 Å². The van der Waals surface area contributed by atoms with Crippen molar-refractivity contribution in [3.63, 3.8) is 0 Å². The van der Waals surface area contributed by atoms with Crippen LogP contribution in [0.15, 0.2) is 0 Å². The van der Waals surface area contributed by atoms with E-state index in [-0.39, 0.29) is 0 Å². The molecule has 0 aliphatic rings. The summed E-state index contributed by atoms with van der Waals surface area (Å²) < 4.78 is 0. The molecule has 0 fully saturated rings. The zero-order chi connectivity index (χ0) is 8.27. The molecular weight excluding hydrogens is 160 g/mol. The fraction of sp³-hybridized carbons (Fsp3) is 0.667. The van der Waals surface area contributed by atoms with Crippen molar-refractivity contribution in [2.45, 2.75) is 26.2 Å². The predicted molar refractivity (Wildman–Crippen MR) is 46.4 cm³/mol. The second-order valence-corrected chi connectivity index (χ2v) is 3.41. The van der Waals surface area contributed by atoms with Crippen LogP contribution in [0.5, 0.6) is 0 Å². The summed E-state index contributed by atoms with van der Waals surface area (Å²) in [5.74, 6) is 5.64. The third kappa shape index (κ3) is 1.87. The van der Waals surface area contributed by atoms with Gasteiger partial charge in [0.1, 0.15) is 5.01 Å². The number of hydrogen-bond acceptors (Lipinski definition) is 5. The minimum atomic E-state index is 0.481. The van der Waals surface area contributed by atoms with Crippen molar-refractivity contribution in [2.75, 3.05) is 5.43 Å². The van der Waals surface area contributed by atoms with Gasteiger partial charge >= 0.3 is 0 Å². The molecular formula is C6H12N4S. The first-order chi connectivity index (χ1) is 5.27. The topological polar surface area (TPSA) is 63.8 Å². The van der Waals surface area contributed by atoms with Crippen LogP contribution < -0.4 is 11.3 Å². The van der Waals surface area contributed by atoms with Crippen LogP contribution in [-0.4, -0.2) is 10.2 Å². The van der Waals surface area contributed by atoms with E-state index in [4.69, 9.17) is 5.84 Å². The lowest BCUT2D eigenvalue weighted by Crippen LogP contribution is -2.05. The molecule has 0 radical (unpaired) electrons. The average Bonchev–Trinajstić information content (AvgIpc) is 2.50. The Labute approximate surface area is 69.8 Å². The maximum absolute atomic E-state index is 5.16. The summed E-state index contributed by atoms with van der Waals surface area (Å²) in [6, 6.07) is 0. The Morgan fingerprint density at radius 2 is 2.36 bits per heavy atom. The molecule has 11 heavy (non-hydrogen) atoms. The second-order valence-electron chi connectivity index (χ2n) is 2.40. The highest BCUT2D eigenvalue weighted by Gasteiger charge is 2.08. The van der Waals surface area contributed by atoms with E-state index in [9.17, 15) is 0 Å². The Bertz CT molecular complexity index is 222. The molecule has 62 valence electrons. The summed E-state index contributed by atoms with van der Waals surface area (Å²) in [5, 5.41) is 9.54. The molecule has 1 unspecified atom stereocenters. The van der Waals surface area contributed by atoms with Crippen LogP contribution in [0, 0.1) is 0 Å². The van der Waals surface area contributed by atoms with Crippen LogP contribution in [0.25, 0.3) is 0 Å². The molecule has 3 N–H and O–H groups in total. The zero-order valence-corrected chi connectivity index (χ0v) is 7.48. The van der Waals surface area contributed by atoms with Crippen molar-refractivity contribution in [2.24, 2.45) is 5.84 Å². The number of nitrogens with two attached hydrogens (primary N) is 1. The summed E-state index contributed by atoms with van der Waals surface area (Å²) in [6.45, 7) is 4.25. The molecule has 0 aromatic carbocycles. The van der Waals surface area contributed by atoms with Crippen molar-refractivity contribution in [3.05, 3.63) is 5.01 Å². The first-order valence-electron chi connectivity index (χ1n) is 3.58. The molecule has 0 saturated carbocycles. The smallest absolute Gasteiger partial charge is 0.219 e. The van der Waals surface area contributed by atoms with Gasteiger partial charge < -0.3 is 0 Å². The lowest BCUT2D eigenvalue weighted by Gasteiger charge is -1.99. The summed E-state index contributed by atoms with van der Waals surface area (Å²) in [7, 11) is 0. The number of anilines is 1.